The SMILES string of the molecule is CC1(C)C(=O)N(c2ccc(C#N)c(C(F)(F)F)c2)C(=S)N1c1ccc(NC(=O)OCCO)nc1. The van der Waals surface area contributed by atoms with Gasteiger partial charge in [0.15, 0.2) is 5.11 Å². The summed E-state index contributed by atoms with van der Waals surface area (Å²) in [6.45, 7) is 2.57. The summed E-state index contributed by atoms with van der Waals surface area (Å²) in [5, 5.41) is 20.0. The summed E-state index contributed by atoms with van der Waals surface area (Å²) in [5.74, 6) is -0.454. The van der Waals surface area contributed by atoms with E-state index in [-0.39, 0.29) is 29.8 Å². The number of nitrogens with one attached hydrogen (secondary N) is 1. The fraction of sp³-hybridized carbons (Fsp3) is 0.286. The van der Waals surface area contributed by atoms with Crippen molar-refractivity contribution in [1.29, 1.82) is 5.26 Å². The number of rotatable bonds is 5. The van der Waals surface area contributed by atoms with E-state index in [1.165, 1.54) is 35.4 Å². The molecule has 2 N–H and O–H groups in total. The number of carbonyl (C=O) groups is 2. The van der Waals surface area contributed by atoms with Gasteiger partial charge in [0.25, 0.3) is 5.91 Å². The predicted molar refractivity (Wildman–Crippen MR) is 119 cm³/mol. The zero-order valence-electron chi connectivity index (χ0n) is 17.9. The molecule has 1 aliphatic heterocycles. The number of pyridine rings is 1. The van der Waals surface area contributed by atoms with Gasteiger partial charge in [-0.05, 0) is 56.4 Å². The van der Waals surface area contributed by atoms with Crippen LogP contribution in [0.15, 0.2) is 36.5 Å². The molecule has 9 nitrogen and oxygen atoms in total. The third-order valence-corrected chi connectivity index (χ3v) is 5.28. The lowest BCUT2D eigenvalue weighted by molar-refractivity contribution is -0.137. The van der Waals surface area contributed by atoms with Crippen molar-refractivity contribution in [3.8, 4) is 6.07 Å². The van der Waals surface area contributed by atoms with Crippen LogP contribution in [-0.4, -0.2) is 46.0 Å². The second-order valence-electron chi connectivity index (χ2n) is 7.54. The van der Waals surface area contributed by atoms with Crippen molar-refractivity contribution in [3.63, 3.8) is 0 Å². The highest BCUT2D eigenvalue weighted by Crippen LogP contribution is 2.39. The lowest BCUT2D eigenvalue weighted by atomic mass is 10.0. The van der Waals surface area contributed by atoms with Crippen molar-refractivity contribution in [2.24, 2.45) is 0 Å². The number of nitriles is 1. The van der Waals surface area contributed by atoms with Crippen molar-refractivity contribution >= 4 is 46.5 Å². The average molecular weight is 493 g/mol. The summed E-state index contributed by atoms with van der Waals surface area (Å²) in [7, 11) is 0. The first-order valence-corrected chi connectivity index (χ1v) is 10.1. The van der Waals surface area contributed by atoms with Gasteiger partial charge in [0.2, 0.25) is 0 Å². The van der Waals surface area contributed by atoms with Gasteiger partial charge in [0.05, 0.1) is 41.4 Å². The first-order valence-electron chi connectivity index (χ1n) is 9.72. The van der Waals surface area contributed by atoms with Crippen molar-refractivity contribution in [3.05, 3.63) is 47.7 Å². The maximum absolute atomic E-state index is 13.4. The second kappa shape index (κ2) is 9.24. The summed E-state index contributed by atoms with van der Waals surface area (Å²) in [6.07, 6.45) is -4.30. The largest absolute Gasteiger partial charge is 0.447 e. The monoisotopic (exact) mass is 493 g/mol. The first kappa shape index (κ1) is 24.9. The van der Waals surface area contributed by atoms with E-state index in [9.17, 15) is 22.8 Å². The van der Waals surface area contributed by atoms with Gasteiger partial charge in [-0.2, -0.15) is 18.4 Å². The molecule has 2 heterocycles. The van der Waals surface area contributed by atoms with E-state index < -0.39 is 34.8 Å². The summed E-state index contributed by atoms with van der Waals surface area (Å²) in [5.41, 5.74) is -2.81. The van der Waals surface area contributed by atoms with E-state index in [2.05, 4.69) is 15.0 Å². The number of benzene rings is 1. The Bertz CT molecular complexity index is 1180. The van der Waals surface area contributed by atoms with Crippen LogP contribution in [0.2, 0.25) is 0 Å². The Morgan fingerprint density at radius 2 is 1.97 bits per heavy atom. The van der Waals surface area contributed by atoms with Gasteiger partial charge in [0.1, 0.15) is 18.0 Å². The minimum Gasteiger partial charge on any atom is -0.447 e. The van der Waals surface area contributed by atoms with Gasteiger partial charge in [0, 0.05) is 0 Å². The van der Waals surface area contributed by atoms with Crippen LogP contribution in [-0.2, 0) is 15.7 Å². The lowest BCUT2D eigenvalue weighted by Crippen LogP contribution is -2.44. The molecule has 178 valence electrons. The molecule has 3 rings (SSSR count). The summed E-state index contributed by atoms with van der Waals surface area (Å²) >= 11 is 5.44. The molecule has 2 amide bonds. The number of ether oxygens (including phenoxy) is 1. The molecule has 0 saturated carbocycles. The Hall–Kier alpha value is -3.76. The van der Waals surface area contributed by atoms with Crippen LogP contribution in [0.1, 0.15) is 25.0 Å². The Kier molecular flexibility index (Phi) is 6.76. The molecule has 1 fully saturated rings. The molecule has 13 heteroatoms. The number of aliphatic hydroxyl groups is 1. The fourth-order valence-electron chi connectivity index (χ4n) is 3.33. The van der Waals surface area contributed by atoms with Crippen LogP contribution < -0.4 is 15.1 Å². The number of alkyl halides is 3. The standard InChI is InChI=1S/C21H18F3N5O4S/c1-20(2)17(31)28(13-4-3-12(10-25)15(9-13)21(22,23)24)19(34)29(20)14-5-6-16(26-11-14)27-18(32)33-8-7-30/h3-6,9,11,30H,7-8H2,1-2H3,(H,26,27,32). The Labute approximate surface area is 197 Å². The smallest absolute Gasteiger partial charge is 0.417 e. The Morgan fingerprint density at radius 1 is 1.29 bits per heavy atom. The third-order valence-electron chi connectivity index (χ3n) is 4.92. The van der Waals surface area contributed by atoms with Gasteiger partial charge >= 0.3 is 12.3 Å². The maximum Gasteiger partial charge on any atom is 0.417 e. The number of halogens is 3. The molecule has 1 saturated heterocycles. The van der Waals surface area contributed by atoms with Crippen LogP contribution in [0.5, 0.6) is 0 Å². The van der Waals surface area contributed by atoms with Crippen molar-refractivity contribution in [2.45, 2.75) is 25.6 Å². The number of hydrogen-bond acceptors (Lipinski definition) is 7. The average Bonchev–Trinajstić information content (AvgIpc) is 2.95. The third kappa shape index (κ3) is 4.63. The van der Waals surface area contributed by atoms with Crippen LogP contribution in [0, 0.1) is 11.3 Å². The highest BCUT2D eigenvalue weighted by Gasteiger charge is 2.50. The van der Waals surface area contributed by atoms with Gasteiger partial charge in [-0.15, -0.1) is 0 Å². The maximum atomic E-state index is 13.4. The number of anilines is 3. The Balaban J connectivity index is 1.93. The number of amides is 2. The van der Waals surface area contributed by atoms with E-state index in [0.29, 0.717) is 11.8 Å². The normalized spacial score (nSPS) is 15.3. The van der Waals surface area contributed by atoms with E-state index in [1.54, 1.807) is 13.8 Å². The molecule has 2 aromatic rings. The second-order valence-corrected chi connectivity index (χ2v) is 7.91. The zero-order valence-corrected chi connectivity index (χ0v) is 18.7. The van der Waals surface area contributed by atoms with Crippen LogP contribution in [0.4, 0.5) is 35.2 Å². The van der Waals surface area contributed by atoms with Crippen LogP contribution in [0.25, 0.3) is 0 Å². The van der Waals surface area contributed by atoms with Gasteiger partial charge in [-0.3, -0.25) is 15.0 Å². The number of thiocarbonyl (C=S) groups is 1. The molecule has 1 aliphatic rings. The van der Waals surface area contributed by atoms with Gasteiger partial charge in [-0.1, -0.05) is 0 Å². The number of aliphatic hydroxyl groups excluding tert-OH is 1. The number of nitrogens with zero attached hydrogens (tertiary/aromatic N) is 4. The van der Waals surface area contributed by atoms with E-state index in [0.717, 1.165) is 11.0 Å². The zero-order chi connectivity index (χ0) is 25.3. The molecule has 0 aliphatic carbocycles. The molecule has 0 unspecified atom stereocenters. The lowest BCUT2D eigenvalue weighted by Gasteiger charge is -2.29. The molecular weight excluding hydrogens is 475 g/mol. The topological polar surface area (TPSA) is 119 Å². The van der Waals surface area contributed by atoms with Crippen molar-refractivity contribution in [1.82, 2.24) is 4.98 Å². The molecule has 0 spiro atoms. The van der Waals surface area contributed by atoms with Crippen LogP contribution >= 0.6 is 12.2 Å². The fourth-order valence-corrected chi connectivity index (χ4v) is 3.85. The number of carbonyl (C=O) groups excluding carboxylic acids is 2. The van der Waals surface area contributed by atoms with Crippen molar-refractivity contribution in [2.75, 3.05) is 28.3 Å². The van der Waals surface area contributed by atoms with E-state index >= 15 is 0 Å². The van der Waals surface area contributed by atoms with E-state index in [4.69, 9.17) is 22.6 Å². The van der Waals surface area contributed by atoms with Crippen molar-refractivity contribution < 1.29 is 32.6 Å². The first-order chi connectivity index (χ1) is 15.9. The molecular formula is C21H18F3N5O4S. The quantitative estimate of drug-likeness (QED) is 0.609. The summed E-state index contributed by atoms with van der Waals surface area (Å²) < 4.78 is 45.0. The molecule has 34 heavy (non-hydrogen) atoms. The van der Waals surface area contributed by atoms with Crippen LogP contribution in [0.3, 0.4) is 0 Å². The molecule has 0 atom stereocenters. The number of aromatic nitrogens is 1. The summed E-state index contributed by atoms with van der Waals surface area (Å²) in [4.78, 5) is 31.2. The predicted octanol–water partition coefficient (Wildman–Crippen LogP) is 3.43. The summed E-state index contributed by atoms with van der Waals surface area (Å²) in [6, 6.07) is 7.36. The van der Waals surface area contributed by atoms with E-state index in [1.807, 2.05) is 0 Å². The molecule has 0 bridgehead atoms. The molecule has 1 aromatic carbocycles. The van der Waals surface area contributed by atoms with Gasteiger partial charge in [-0.25, -0.2) is 9.78 Å². The Morgan fingerprint density at radius 3 is 2.53 bits per heavy atom. The molecule has 0 radical (unpaired) electrons. The highest BCUT2D eigenvalue weighted by molar-refractivity contribution is 7.81. The minimum atomic E-state index is -4.80. The number of hydrogen-bond donors (Lipinski definition) is 2. The highest BCUT2D eigenvalue weighted by atomic mass is 32.1. The minimum absolute atomic E-state index is 0.0855. The molecule has 1 aromatic heterocycles. The van der Waals surface area contributed by atoms with Gasteiger partial charge < -0.3 is 14.7 Å².